The Morgan fingerprint density at radius 3 is 2.79 bits per heavy atom. The highest BCUT2D eigenvalue weighted by Gasteiger charge is 2.31. The van der Waals surface area contributed by atoms with Gasteiger partial charge >= 0.3 is 0 Å². The molecule has 1 aromatic heterocycles. The molecule has 1 saturated carbocycles. The Labute approximate surface area is 113 Å². The van der Waals surface area contributed by atoms with Crippen LogP contribution in [0.3, 0.4) is 0 Å². The molecule has 0 aliphatic heterocycles. The minimum atomic E-state index is 0.624. The Balaban J connectivity index is 2.07. The Morgan fingerprint density at radius 1 is 1.32 bits per heavy atom. The lowest BCUT2D eigenvalue weighted by atomic mass is 10.1. The molecule has 0 bridgehead atoms. The third kappa shape index (κ3) is 2.48. The molecule has 1 heterocycles. The third-order valence-corrected chi connectivity index (χ3v) is 3.46. The van der Waals surface area contributed by atoms with Gasteiger partial charge in [-0.2, -0.15) is 0 Å². The lowest BCUT2D eigenvalue weighted by molar-refractivity contribution is 0.604. The SMILES string of the molecule is CC(C)CN(c1ncnc2cc(N)ccc12)C1CC1. The van der Waals surface area contributed by atoms with E-state index in [0.29, 0.717) is 12.0 Å². The molecule has 4 heteroatoms. The molecule has 0 radical (unpaired) electrons. The van der Waals surface area contributed by atoms with Crippen molar-refractivity contribution in [2.75, 3.05) is 17.2 Å². The molecule has 0 unspecified atom stereocenters. The van der Waals surface area contributed by atoms with Gasteiger partial charge in [0.1, 0.15) is 12.1 Å². The van der Waals surface area contributed by atoms with E-state index in [4.69, 9.17) is 5.73 Å². The number of anilines is 2. The first-order chi connectivity index (χ1) is 9.15. The number of nitrogens with two attached hydrogens (primary N) is 1. The summed E-state index contributed by atoms with van der Waals surface area (Å²) in [4.78, 5) is 11.3. The molecule has 1 aliphatic carbocycles. The van der Waals surface area contributed by atoms with Crippen LogP contribution in [0.25, 0.3) is 10.9 Å². The van der Waals surface area contributed by atoms with Gasteiger partial charge in [0.05, 0.1) is 5.52 Å². The van der Waals surface area contributed by atoms with Crippen molar-refractivity contribution in [2.24, 2.45) is 5.92 Å². The first-order valence-electron chi connectivity index (χ1n) is 6.92. The molecule has 0 spiro atoms. The Bertz CT molecular complexity index is 590. The van der Waals surface area contributed by atoms with Crippen molar-refractivity contribution in [1.82, 2.24) is 9.97 Å². The van der Waals surface area contributed by atoms with Crippen LogP contribution in [-0.2, 0) is 0 Å². The molecule has 4 nitrogen and oxygen atoms in total. The Kier molecular flexibility index (Phi) is 3.01. The van der Waals surface area contributed by atoms with Crippen LogP contribution in [0.4, 0.5) is 11.5 Å². The minimum Gasteiger partial charge on any atom is -0.399 e. The second-order valence-corrected chi connectivity index (χ2v) is 5.75. The number of nitrogen functional groups attached to an aromatic ring is 1. The maximum atomic E-state index is 5.83. The fourth-order valence-corrected chi connectivity index (χ4v) is 2.48. The van der Waals surface area contributed by atoms with Crippen LogP contribution in [0.2, 0.25) is 0 Å². The second kappa shape index (κ2) is 4.68. The molecule has 1 aromatic carbocycles. The van der Waals surface area contributed by atoms with Crippen molar-refractivity contribution in [2.45, 2.75) is 32.7 Å². The number of nitrogens with zero attached hydrogens (tertiary/aromatic N) is 3. The molecule has 100 valence electrons. The van der Waals surface area contributed by atoms with E-state index < -0.39 is 0 Å². The minimum absolute atomic E-state index is 0.624. The van der Waals surface area contributed by atoms with Crippen molar-refractivity contribution in [3.8, 4) is 0 Å². The summed E-state index contributed by atoms with van der Waals surface area (Å²) in [6.45, 7) is 5.54. The molecule has 0 saturated heterocycles. The van der Waals surface area contributed by atoms with Gasteiger partial charge in [-0.3, -0.25) is 0 Å². The maximum Gasteiger partial charge on any atom is 0.140 e. The zero-order valence-electron chi connectivity index (χ0n) is 11.5. The molecular weight excluding hydrogens is 236 g/mol. The molecule has 0 atom stereocenters. The number of hydrogen-bond donors (Lipinski definition) is 1. The predicted molar refractivity (Wildman–Crippen MR) is 79.2 cm³/mol. The average molecular weight is 256 g/mol. The molecular formula is C15H20N4. The van der Waals surface area contributed by atoms with Crippen molar-refractivity contribution in [3.05, 3.63) is 24.5 Å². The van der Waals surface area contributed by atoms with Gasteiger partial charge in [-0.15, -0.1) is 0 Å². The zero-order chi connectivity index (χ0) is 13.4. The van der Waals surface area contributed by atoms with E-state index in [2.05, 4.69) is 28.7 Å². The van der Waals surface area contributed by atoms with Crippen LogP contribution in [0.5, 0.6) is 0 Å². The summed E-state index contributed by atoms with van der Waals surface area (Å²) in [7, 11) is 0. The van der Waals surface area contributed by atoms with Crippen LogP contribution >= 0.6 is 0 Å². The van der Waals surface area contributed by atoms with E-state index in [1.54, 1.807) is 6.33 Å². The van der Waals surface area contributed by atoms with E-state index in [0.717, 1.165) is 29.0 Å². The number of rotatable bonds is 4. The van der Waals surface area contributed by atoms with Gasteiger partial charge in [0, 0.05) is 23.7 Å². The van der Waals surface area contributed by atoms with E-state index in [1.165, 1.54) is 12.8 Å². The molecule has 1 fully saturated rings. The number of fused-ring (bicyclic) bond motifs is 1. The van der Waals surface area contributed by atoms with Crippen LogP contribution in [-0.4, -0.2) is 22.6 Å². The summed E-state index contributed by atoms with van der Waals surface area (Å²) >= 11 is 0. The highest BCUT2D eigenvalue weighted by Crippen LogP contribution is 2.34. The number of aromatic nitrogens is 2. The lowest BCUT2D eigenvalue weighted by Gasteiger charge is -2.26. The van der Waals surface area contributed by atoms with Gasteiger partial charge in [0.25, 0.3) is 0 Å². The van der Waals surface area contributed by atoms with Gasteiger partial charge in [-0.25, -0.2) is 9.97 Å². The van der Waals surface area contributed by atoms with Crippen molar-refractivity contribution in [3.63, 3.8) is 0 Å². The maximum absolute atomic E-state index is 5.83. The van der Waals surface area contributed by atoms with E-state index in [1.807, 2.05) is 18.2 Å². The Hall–Kier alpha value is -1.84. The normalized spacial score (nSPS) is 15.1. The summed E-state index contributed by atoms with van der Waals surface area (Å²) in [6, 6.07) is 6.53. The molecule has 2 aromatic rings. The predicted octanol–water partition coefficient (Wildman–Crippen LogP) is 2.84. The topological polar surface area (TPSA) is 55.0 Å². The molecule has 2 N–H and O–H groups in total. The fraction of sp³-hybridized carbons (Fsp3) is 0.467. The summed E-state index contributed by atoms with van der Waals surface area (Å²) in [5, 5.41) is 1.10. The Morgan fingerprint density at radius 2 is 2.11 bits per heavy atom. The summed E-state index contributed by atoms with van der Waals surface area (Å²) in [5.74, 6) is 1.68. The summed E-state index contributed by atoms with van der Waals surface area (Å²) in [5.41, 5.74) is 7.51. The van der Waals surface area contributed by atoms with Crippen molar-refractivity contribution in [1.29, 1.82) is 0 Å². The first kappa shape index (κ1) is 12.2. The van der Waals surface area contributed by atoms with E-state index in [-0.39, 0.29) is 0 Å². The standard InChI is InChI=1S/C15H20N4/c1-10(2)8-19(12-4-5-12)15-13-6-3-11(16)7-14(13)17-9-18-15/h3,6-7,9-10,12H,4-5,8,16H2,1-2H3. The van der Waals surface area contributed by atoms with Gasteiger partial charge in [0.15, 0.2) is 0 Å². The highest BCUT2D eigenvalue weighted by molar-refractivity contribution is 5.91. The molecule has 19 heavy (non-hydrogen) atoms. The average Bonchev–Trinajstić information content (AvgIpc) is 3.19. The number of benzene rings is 1. The fourth-order valence-electron chi connectivity index (χ4n) is 2.48. The zero-order valence-corrected chi connectivity index (χ0v) is 11.5. The van der Waals surface area contributed by atoms with Crippen molar-refractivity contribution >= 4 is 22.4 Å². The van der Waals surface area contributed by atoms with Crippen molar-refractivity contribution < 1.29 is 0 Å². The molecule has 1 aliphatic rings. The van der Waals surface area contributed by atoms with Gasteiger partial charge < -0.3 is 10.6 Å². The second-order valence-electron chi connectivity index (χ2n) is 5.75. The number of hydrogen-bond acceptors (Lipinski definition) is 4. The van der Waals surface area contributed by atoms with Crippen LogP contribution in [0, 0.1) is 5.92 Å². The smallest absolute Gasteiger partial charge is 0.140 e. The largest absolute Gasteiger partial charge is 0.399 e. The van der Waals surface area contributed by atoms with Gasteiger partial charge in [-0.1, -0.05) is 13.8 Å². The quantitative estimate of drug-likeness (QED) is 0.855. The van der Waals surface area contributed by atoms with Crippen LogP contribution < -0.4 is 10.6 Å². The monoisotopic (exact) mass is 256 g/mol. The highest BCUT2D eigenvalue weighted by atomic mass is 15.2. The van der Waals surface area contributed by atoms with E-state index in [9.17, 15) is 0 Å². The van der Waals surface area contributed by atoms with Gasteiger partial charge in [-0.05, 0) is 37.0 Å². The molecule has 3 rings (SSSR count). The summed E-state index contributed by atoms with van der Waals surface area (Å²) < 4.78 is 0. The van der Waals surface area contributed by atoms with Crippen LogP contribution in [0.15, 0.2) is 24.5 Å². The lowest BCUT2D eigenvalue weighted by Crippen LogP contribution is -2.30. The van der Waals surface area contributed by atoms with Gasteiger partial charge in [0.2, 0.25) is 0 Å². The summed E-state index contributed by atoms with van der Waals surface area (Å²) in [6.07, 6.45) is 4.19. The third-order valence-electron chi connectivity index (χ3n) is 3.46. The molecule has 0 amide bonds. The van der Waals surface area contributed by atoms with Crippen LogP contribution in [0.1, 0.15) is 26.7 Å². The van der Waals surface area contributed by atoms with E-state index >= 15 is 0 Å². The first-order valence-corrected chi connectivity index (χ1v) is 6.92.